The summed E-state index contributed by atoms with van der Waals surface area (Å²) in [4.78, 5) is 26.5. The van der Waals surface area contributed by atoms with Gasteiger partial charge in [-0.15, -0.1) is 5.10 Å². The Hall–Kier alpha value is -2.74. The third-order valence-electron chi connectivity index (χ3n) is 5.13. The number of carbonyl (C=O) groups excluding carboxylic acids is 2. The number of amides is 2. The number of nitrogens with one attached hydrogen (secondary N) is 1. The Morgan fingerprint density at radius 3 is 2.71 bits per heavy atom. The molecular formula is C20H27N5O3. The highest BCUT2D eigenvalue weighted by Crippen LogP contribution is 2.22. The molecule has 2 amide bonds. The molecule has 1 aliphatic heterocycles. The number of methoxy groups -OCH3 is 1. The highest BCUT2D eigenvalue weighted by molar-refractivity contribution is 5.91. The first kappa shape index (κ1) is 20.0. The Morgan fingerprint density at radius 2 is 2.00 bits per heavy atom. The van der Waals surface area contributed by atoms with Crippen LogP contribution in [-0.2, 0) is 16.0 Å². The summed E-state index contributed by atoms with van der Waals surface area (Å²) in [5.41, 5.74) is 2.52. The lowest BCUT2D eigenvalue weighted by Crippen LogP contribution is -2.40. The largest absolute Gasteiger partial charge is 0.383 e. The van der Waals surface area contributed by atoms with Crippen LogP contribution in [0.5, 0.6) is 0 Å². The van der Waals surface area contributed by atoms with Crippen molar-refractivity contribution < 1.29 is 14.3 Å². The van der Waals surface area contributed by atoms with E-state index in [1.807, 2.05) is 36.1 Å². The van der Waals surface area contributed by atoms with Gasteiger partial charge in [-0.3, -0.25) is 9.59 Å². The van der Waals surface area contributed by atoms with E-state index in [9.17, 15) is 9.59 Å². The molecule has 28 heavy (non-hydrogen) atoms. The number of nitrogens with zero attached hydrogens (tertiary/aromatic N) is 4. The SMILES string of the molecule is COCCNC(=O)c1cn(C2CCN(C(=O)Cc3ccccc3C)CC2)nn1. The molecule has 0 spiro atoms. The van der Waals surface area contributed by atoms with E-state index in [1.54, 1.807) is 18.0 Å². The zero-order chi connectivity index (χ0) is 19.9. The van der Waals surface area contributed by atoms with Crippen molar-refractivity contribution in [3.8, 4) is 0 Å². The van der Waals surface area contributed by atoms with Gasteiger partial charge in [-0.1, -0.05) is 29.5 Å². The van der Waals surface area contributed by atoms with E-state index < -0.39 is 0 Å². The molecule has 1 aliphatic rings. The summed E-state index contributed by atoms with van der Waals surface area (Å²) in [6.07, 6.45) is 3.71. The minimum Gasteiger partial charge on any atom is -0.383 e. The lowest BCUT2D eigenvalue weighted by molar-refractivity contribution is -0.131. The van der Waals surface area contributed by atoms with Crippen LogP contribution >= 0.6 is 0 Å². The van der Waals surface area contributed by atoms with Crippen molar-refractivity contribution >= 4 is 11.8 Å². The van der Waals surface area contributed by atoms with E-state index in [4.69, 9.17) is 4.74 Å². The molecule has 1 N–H and O–H groups in total. The number of ether oxygens (including phenoxy) is 1. The molecule has 1 aromatic heterocycles. The van der Waals surface area contributed by atoms with Crippen LogP contribution < -0.4 is 5.32 Å². The standard InChI is InChI=1S/C20H27N5O3/c1-15-5-3-4-6-16(15)13-19(26)24-10-7-17(8-11-24)25-14-18(22-23-25)20(27)21-9-12-28-2/h3-6,14,17H,7-13H2,1-2H3,(H,21,27). The normalized spacial score (nSPS) is 14.9. The third-order valence-corrected chi connectivity index (χ3v) is 5.13. The Bertz CT molecular complexity index is 812. The van der Waals surface area contributed by atoms with Crippen LogP contribution in [0, 0.1) is 6.92 Å². The lowest BCUT2D eigenvalue weighted by atomic mass is 10.0. The molecule has 0 radical (unpaired) electrons. The van der Waals surface area contributed by atoms with Crippen LogP contribution in [0.15, 0.2) is 30.5 Å². The number of benzene rings is 1. The van der Waals surface area contributed by atoms with Crippen molar-refractivity contribution in [3.63, 3.8) is 0 Å². The number of aromatic nitrogens is 3. The summed E-state index contributed by atoms with van der Waals surface area (Å²) in [7, 11) is 1.58. The van der Waals surface area contributed by atoms with E-state index in [0.29, 0.717) is 38.4 Å². The molecule has 1 aromatic carbocycles. The van der Waals surface area contributed by atoms with Crippen molar-refractivity contribution in [2.75, 3.05) is 33.4 Å². The fourth-order valence-corrected chi connectivity index (χ4v) is 3.38. The number of piperidine rings is 1. The van der Waals surface area contributed by atoms with E-state index in [-0.39, 0.29) is 17.9 Å². The molecule has 3 rings (SSSR count). The van der Waals surface area contributed by atoms with Crippen LogP contribution in [0.3, 0.4) is 0 Å². The minimum atomic E-state index is -0.255. The van der Waals surface area contributed by atoms with Crippen LogP contribution in [0.1, 0.15) is 40.5 Å². The molecule has 0 atom stereocenters. The summed E-state index contributed by atoms with van der Waals surface area (Å²) in [6.45, 7) is 4.29. The van der Waals surface area contributed by atoms with Gasteiger partial charge < -0.3 is 15.0 Å². The molecule has 2 aromatic rings. The molecule has 0 saturated carbocycles. The predicted molar refractivity (Wildman–Crippen MR) is 104 cm³/mol. The van der Waals surface area contributed by atoms with Crippen molar-refractivity contribution in [2.45, 2.75) is 32.2 Å². The number of aryl methyl sites for hydroxylation is 1. The van der Waals surface area contributed by atoms with Gasteiger partial charge in [-0.25, -0.2) is 4.68 Å². The summed E-state index contributed by atoms with van der Waals surface area (Å²) >= 11 is 0. The first-order chi connectivity index (χ1) is 13.6. The summed E-state index contributed by atoms with van der Waals surface area (Å²) < 4.78 is 6.66. The Labute approximate surface area is 164 Å². The van der Waals surface area contributed by atoms with Gasteiger partial charge in [0.05, 0.1) is 25.3 Å². The molecule has 0 aliphatic carbocycles. The van der Waals surface area contributed by atoms with Gasteiger partial charge in [-0.2, -0.15) is 0 Å². The first-order valence-corrected chi connectivity index (χ1v) is 9.59. The maximum absolute atomic E-state index is 12.6. The second-order valence-corrected chi connectivity index (χ2v) is 7.05. The van der Waals surface area contributed by atoms with Crippen molar-refractivity contribution in [1.82, 2.24) is 25.2 Å². The third kappa shape index (κ3) is 4.95. The minimum absolute atomic E-state index is 0.149. The first-order valence-electron chi connectivity index (χ1n) is 9.59. The van der Waals surface area contributed by atoms with Gasteiger partial charge >= 0.3 is 0 Å². The van der Waals surface area contributed by atoms with Gasteiger partial charge in [0.15, 0.2) is 5.69 Å². The van der Waals surface area contributed by atoms with E-state index >= 15 is 0 Å². The molecule has 1 fully saturated rings. The molecule has 8 nitrogen and oxygen atoms in total. The number of hydrogen-bond acceptors (Lipinski definition) is 5. The lowest BCUT2D eigenvalue weighted by Gasteiger charge is -2.32. The number of likely N-dealkylation sites (tertiary alicyclic amines) is 1. The average Bonchev–Trinajstić information content (AvgIpc) is 3.20. The van der Waals surface area contributed by atoms with Crippen molar-refractivity contribution in [1.29, 1.82) is 0 Å². The fourth-order valence-electron chi connectivity index (χ4n) is 3.38. The van der Waals surface area contributed by atoms with E-state index in [2.05, 4.69) is 15.6 Å². The van der Waals surface area contributed by atoms with Gasteiger partial charge in [-0.05, 0) is 30.9 Å². The highest BCUT2D eigenvalue weighted by Gasteiger charge is 2.25. The summed E-state index contributed by atoms with van der Waals surface area (Å²) in [6, 6.07) is 8.14. The van der Waals surface area contributed by atoms with Gasteiger partial charge in [0.2, 0.25) is 5.91 Å². The Kier molecular flexibility index (Phi) is 6.76. The number of rotatable bonds is 7. The molecule has 0 bridgehead atoms. The molecule has 8 heteroatoms. The van der Waals surface area contributed by atoms with Crippen molar-refractivity contribution in [2.24, 2.45) is 0 Å². The maximum Gasteiger partial charge on any atom is 0.273 e. The topological polar surface area (TPSA) is 89.4 Å². The monoisotopic (exact) mass is 385 g/mol. The number of hydrogen-bond donors (Lipinski definition) is 1. The Morgan fingerprint density at radius 1 is 1.25 bits per heavy atom. The number of carbonyl (C=O) groups is 2. The smallest absolute Gasteiger partial charge is 0.273 e. The summed E-state index contributed by atoms with van der Waals surface area (Å²) in [5.74, 6) is -0.0984. The Balaban J connectivity index is 1.51. The fraction of sp³-hybridized carbons (Fsp3) is 0.500. The quantitative estimate of drug-likeness (QED) is 0.727. The second-order valence-electron chi connectivity index (χ2n) is 7.05. The summed E-state index contributed by atoms with van der Waals surface area (Å²) in [5, 5.41) is 10.8. The molecular weight excluding hydrogens is 358 g/mol. The van der Waals surface area contributed by atoms with Gasteiger partial charge in [0, 0.05) is 26.7 Å². The predicted octanol–water partition coefficient (Wildman–Crippen LogP) is 1.37. The zero-order valence-electron chi connectivity index (χ0n) is 16.4. The average molecular weight is 385 g/mol. The van der Waals surface area contributed by atoms with E-state index in [1.165, 1.54) is 0 Å². The van der Waals surface area contributed by atoms with Gasteiger partial charge in [0.25, 0.3) is 5.91 Å². The van der Waals surface area contributed by atoms with Crippen LogP contribution in [0.2, 0.25) is 0 Å². The maximum atomic E-state index is 12.6. The van der Waals surface area contributed by atoms with Crippen molar-refractivity contribution in [3.05, 3.63) is 47.3 Å². The van der Waals surface area contributed by atoms with Crippen LogP contribution in [0.4, 0.5) is 0 Å². The van der Waals surface area contributed by atoms with Gasteiger partial charge in [0.1, 0.15) is 0 Å². The van der Waals surface area contributed by atoms with E-state index in [0.717, 1.165) is 24.0 Å². The molecule has 150 valence electrons. The highest BCUT2D eigenvalue weighted by atomic mass is 16.5. The molecule has 2 heterocycles. The molecule has 0 unspecified atom stereocenters. The van der Waals surface area contributed by atoms with Crippen LogP contribution in [0.25, 0.3) is 0 Å². The zero-order valence-corrected chi connectivity index (χ0v) is 16.4. The second kappa shape index (κ2) is 9.45. The molecule has 1 saturated heterocycles. The van der Waals surface area contributed by atoms with Crippen LogP contribution in [-0.4, -0.2) is 65.1 Å².